The monoisotopic (exact) mass is 269 g/mol. The molecule has 9 heteroatoms. The van der Waals surface area contributed by atoms with Crippen molar-refractivity contribution in [3.63, 3.8) is 0 Å². The average molecular weight is 269 g/mol. The van der Waals surface area contributed by atoms with Crippen molar-refractivity contribution in [2.45, 2.75) is 0 Å². The molecule has 5 N–H and O–H groups in total. The third-order valence-corrected chi connectivity index (χ3v) is 1.25. The van der Waals surface area contributed by atoms with E-state index in [0.29, 0.717) is 19.6 Å². The van der Waals surface area contributed by atoms with Crippen molar-refractivity contribution in [3.05, 3.63) is 0 Å². The van der Waals surface area contributed by atoms with Gasteiger partial charge in [0.05, 0.1) is 19.8 Å². The van der Waals surface area contributed by atoms with Gasteiger partial charge in [-0.05, 0) is 0 Å². The number of hydrogen-bond donors (Lipinski definition) is 3. The third-order valence-electron chi connectivity index (χ3n) is 1.25. The first kappa shape index (κ1) is 36.2. The summed E-state index contributed by atoms with van der Waals surface area (Å²) in [6.07, 6.45) is 0. The summed E-state index contributed by atoms with van der Waals surface area (Å²) in [5.74, 6) is 0. The molecule has 0 bridgehead atoms. The molecule has 0 aliphatic rings. The van der Waals surface area contributed by atoms with E-state index >= 15 is 0 Å². The van der Waals surface area contributed by atoms with Crippen LogP contribution in [0.2, 0.25) is 0 Å². The van der Waals surface area contributed by atoms with Crippen LogP contribution in [-0.2, 0) is 0 Å². The smallest absolute Gasteiger partial charge is 1.00 e. The zero-order chi connectivity index (χ0) is 7.82. The Kier molecular flexibility index (Phi) is 73.5. The number of hydrogen-bond acceptors (Lipinski definition) is 6. The summed E-state index contributed by atoms with van der Waals surface area (Å²) in [5.41, 5.74) is 0. The van der Waals surface area contributed by atoms with Gasteiger partial charge in [-0.1, -0.05) is 0 Å². The van der Waals surface area contributed by atoms with Crippen LogP contribution in [0.1, 0.15) is 1.43 Å². The van der Waals surface area contributed by atoms with Crippen LogP contribution in [-0.4, -0.2) is 70.6 Å². The van der Waals surface area contributed by atoms with E-state index in [4.69, 9.17) is 15.3 Å². The molecular weight excluding hydrogens is 251 g/mol. The van der Waals surface area contributed by atoms with Crippen molar-refractivity contribution in [1.82, 2.24) is 4.90 Å². The molecule has 15 heavy (non-hydrogen) atoms. The van der Waals surface area contributed by atoms with Crippen LogP contribution in [0.4, 0.5) is 0 Å². The molecule has 0 unspecified atom stereocenters. The maximum absolute atomic E-state index is 8.48. The Morgan fingerprint density at radius 1 is 0.733 bits per heavy atom. The van der Waals surface area contributed by atoms with E-state index in [1.54, 1.807) is 4.90 Å². The Morgan fingerprint density at radius 3 is 1.07 bits per heavy atom. The summed E-state index contributed by atoms with van der Waals surface area (Å²) in [6, 6.07) is 0. The fourth-order valence-electron chi connectivity index (χ4n) is 0.760. The summed E-state index contributed by atoms with van der Waals surface area (Å²) in [4.78, 5) is 1.79. The van der Waals surface area contributed by atoms with Gasteiger partial charge in [-0.2, -0.15) is 0 Å². The van der Waals surface area contributed by atoms with Crippen LogP contribution >= 0.6 is 0 Å². The molecule has 0 aliphatic carbocycles. The van der Waals surface area contributed by atoms with Crippen molar-refractivity contribution in [1.29, 1.82) is 0 Å². The Balaban J connectivity index is -0.0000000270. The molecule has 0 rings (SSSR count). The largest absolute Gasteiger partial charge is 1.00 e. The van der Waals surface area contributed by atoms with Gasteiger partial charge in [-0.3, -0.25) is 4.90 Å². The van der Waals surface area contributed by atoms with Gasteiger partial charge >= 0.3 is 110 Å². The second-order valence-corrected chi connectivity index (χ2v) is 2.01. The summed E-state index contributed by atoms with van der Waals surface area (Å²) in [5, 5.41) is 25.5. The third kappa shape index (κ3) is 26.8. The van der Waals surface area contributed by atoms with E-state index in [0.717, 1.165) is 0 Å². The normalized spacial score (nSPS) is 7.20. The summed E-state index contributed by atoms with van der Waals surface area (Å²) < 4.78 is 0. The quantitative estimate of drug-likeness (QED) is 0.411. The van der Waals surface area contributed by atoms with E-state index in [9.17, 15) is 0 Å². The maximum atomic E-state index is 8.48. The first-order valence-electron chi connectivity index (χ1n) is 3.40. The number of aliphatic hydroxyl groups excluding tert-OH is 3. The summed E-state index contributed by atoms with van der Waals surface area (Å²) in [6.45, 7) is 1.75. The van der Waals surface area contributed by atoms with Crippen LogP contribution < -0.4 is 110 Å². The molecule has 0 fully saturated rings. The van der Waals surface area contributed by atoms with Crippen molar-refractivity contribution in [2.24, 2.45) is 0 Å². The van der Waals surface area contributed by atoms with Gasteiger partial charge in [-0.25, -0.2) is 0 Å². The van der Waals surface area contributed by atoms with Gasteiger partial charge in [0.25, 0.3) is 0 Å². The van der Waals surface area contributed by atoms with E-state index < -0.39 is 0 Å². The molecule has 0 aliphatic heterocycles. The van der Waals surface area contributed by atoms with Crippen LogP contribution in [0.5, 0.6) is 0 Å². The van der Waals surface area contributed by atoms with Crippen LogP contribution in [0.25, 0.3) is 0 Å². The van der Waals surface area contributed by atoms with E-state index in [-0.39, 0.29) is 143 Å². The Bertz CT molecular complexity index is 77.7. The SMILES string of the molecule is OCCN(CCO)CCO.[H-].[K+].[Na+].[Na+].[OH-].[OH-]. The molecule has 80 valence electrons. The molecular formula is C6H18KNNa2O5. The Labute approximate surface area is 179 Å². The minimum Gasteiger partial charge on any atom is -1.00 e. The first-order valence-corrected chi connectivity index (χ1v) is 3.40. The van der Waals surface area contributed by atoms with Gasteiger partial charge in [0.2, 0.25) is 0 Å². The molecule has 0 saturated heterocycles. The molecule has 0 radical (unpaired) electrons. The topological polar surface area (TPSA) is 124 Å². The van der Waals surface area contributed by atoms with Crippen molar-refractivity contribution in [2.75, 3.05) is 39.5 Å². The Morgan fingerprint density at radius 2 is 0.933 bits per heavy atom. The van der Waals surface area contributed by atoms with Crippen LogP contribution in [0, 0.1) is 0 Å². The standard InChI is InChI=1S/C6H15NO3.K.2Na.2H2O.H/c8-4-1-7(2-5-9)3-6-10;;;;;;/h8-10H,1-6H2;;;;2*1H2;/q;3*+1;;;-1/p-2. The molecule has 0 aromatic rings. The molecule has 0 saturated carbocycles. The minimum absolute atomic E-state index is 0. The van der Waals surface area contributed by atoms with E-state index in [1.165, 1.54) is 0 Å². The first-order chi connectivity index (χ1) is 4.85. The molecule has 0 aromatic carbocycles. The number of rotatable bonds is 6. The van der Waals surface area contributed by atoms with Crippen LogP contribution in [0.3, 0.4) is 0 Å². The van der Waals surface area contributed by atoms with E-state index in [2.05, 4.69) is 0 Å². The molecule has 0 atom stereocenters. The fraction of sp³-hybridized carbons (Fsp3) is 1.00. The maximum Gasteiger partial charge on any atom is 1.00 e. The molecule has 0 spiro atoms. The molecule has 6 nitrogen and oxygen atoms in total. The second kappa shape index (κ2) is 30.4. The number of aliphatic hydroxyl groups is 3. The van der Waals surface area contributed by atoms with Crippen molar-refractivity contribution in [3.8, 4) is 0 Å². The predicted octanol–water partition coefficient (Wildman–Crippen LogP) is -11.0. The Hall–Kier alpha value is 3.40. The van der Waals surface area contributed by atoms with Gasteiger partial charge in [0.1, 0.15) is 0 Å². The van der Waals surface area contributed by atoms with Crippen molar-refractivity contribution < 1.29 is 138 Å². The minimum atomic E-state index is 0. The van der Waals surface area contributed by atoms with Gasteiger partial charge in [-0.15, -0.1) is 0 Å². The predicted molar refractivity (Wildman–Crippen MR) is 42.7 cm³/mol. The molecule has 0 heterocycles. The van der Waals surface area contributed by atoms with Crippen LogP contribution in [0.15, 0.2) is 0 Å². The van der Waals surface area contributed by atoms with Crippen molar-refractivity contribution >= 4 is 0 Å². The number of nitrogens with zero attached hydrogens (tertiary/aromatic N) is 1. The van der Waals surface area contributed by atoms with Gasteiger partial charge in [0.15, 0.2) is 0 Å². The summed E-state index contributed by atoms with van der Waals surface area (Å²) >= 11 is 0. The average Bonchev–Trinajstić information content (AvgIpc) is 1.90. The second-order valence-electron chi connectivity index (χ2n) is 2.01. The zero-order valence-electron chi connectivity index (χ0n) is 10.9. The molecule has 0 aromatic heterocycles. The fourth-order valence-corrected chi connectivity index (χ4v) is 0.760. The summed E-state index contributed by atoms with van der Waals surface area (Å²) in [7, 11) is 0. The molecule has 0 amide bonds. The van der Waals surface area contributed by atoms with Gasteiger partial charge in [0, 0.05) is 19.6 Å². The zero-order valence-corrected chi connectivity index (χ0v) is 17.0. The van der Waals surface area contributed by atoms with Gasteiger partial charge < -0.3 is 27.7 Å². The van der Waals surface area contributed by atoms with E-state index in [1.807, 2.05) is 0 Å².